The minimum absolute atomic E-state index is 0.0267. The predicted molar refractivity (Wildman–Crippen MR) is 81.8 cm³/mol. The Morgan fingerprint density at radius 1 is 1.09 bits per heavy atom. The lowest BCUT2D eigenvalue weighted by Crippen LogP contribution is -2.34. The molecule has 0 saturated carbocycles. The average molecular weight is 306 g/mol. The fourth-order valence-corrected chi connectivity index (χ4v) is 1.93. The largest absolute Gasteiger partial charge is 0.486 e. The highest BCUT2D eigenvalue weighted by Gasteiger charge is 2.32. The van der Waals surface area contributed by atoms with Crippen LogP contribution in [0.1, 0.15) is 33.3 Å². The molecule has 0 amide bonds. The quantitative estimate of drug-likeness (QED) is 0.596. The van der Waals surface area contributed by atoms with Crippen molar-refractivity contribution in [3.63, 3.8) is 0 Å². The molecule has 1 unspecified atom stereocenters. The first-order chi connectivity index (χ1) is 10.2. The van der Waals surface area contributed by atoms with E-state index in [4.69, 9.17) is 4.74 Å². The van der Waals surface area contributed by atoms with Crippen LogP contribution in [0.2, 0.25) is 0 Å². The second-order valence-corrected chi connectivity index (χ2v) is 6.10. The Labute approximate surface area is 130 Å². The number of ether oxygens (including phenoxy) is 2. The Kier molecular flexibility index (Phi) is 5.85. The van der Waals surface area contributed by atoms with Gasteiger partial charge in [-0.05, 0) is 30.0 Å². The Morgan fingerprint density at radius 2 is 1.64 bits per heavy atom. The summed E-state index contributed by atoms with van der Waals surface area (Å²) < 4.78 is 9.82. The van der Waals surface area contributed by atoms with E-state index < -0.39 is 23.5 Å². The van der Waals surface area contributed by atoms with Crippen LogP contribution >= 0.6 is 0 Å². The van der Waals surface area contributed by atoms with Crippen molar-refractivity contribution in [1.29, 1.82) is 0 Å². The van der Waals surface area contributed by atoms with Crippen molar-refractivity contribution in [3.8, 4) is 5.75 Å². The highest BCUT2D eigenvalue weighted by Crippen LogP contribution is 2.24. The summed E-state index contributed by atoms with van der Waals surface area (Å²) in [6.07, 6.45) is 0. The molecule has 120 valence electrons. The molecular weight excluding hydrogens is 284 g/mol. The second kappa shape index (κ2) is 7.20. The summed E-state index contributed by atoms with van der Waals surface area (Å²) in [5.74, 6) is -2.93. The molecule has 0 aromatic heterocycles. The van der Waals surface area contributed by atoms with Gasteiger partial charge in [-0.2, -0.15) is 0 Å². The van der Waals surface area contributed by atoms with Gasteiger partial charge in [0.25, 0.3) is 0 Å². The summed E-state index contributed by atoms with van der Waals surface area (Å²) in [6, 6.07) is 7.36. The Bertz CT molecular complexity index is 551. The number of hydrogen-bond donors (Lipinski definition) is 0. The molecule has 1 aromatic carbocycles. The maximum atomic E-state index is 11.9. The first-order valence-corrected chi connectivity index (χ1v) is 7.01. The van der Waals surface area contributed by atoms with Crippen molar-refractivity contribution in [2.45, 2.75) is 33.1 Å². The predicted octanol–water partition coefficient (Wildman–Crippen LogP) is 2.31. The van der Waals surface area contributed by atoms with Crippen LogP contribution in [-0.4, -0.2) is 31.3 Å². The van der Waals surface area contributed by atoms with Crippen molar-refractivity contribution >= 4 is 17.5 Å². The highest BCUT2D eigenvalue weighted by molar-refractivity contribution is 6.16. The molecule has 0 N–H and O–H groups in total. The van der Waals surface area contributed by atoms with E-state index in [0.29, 0.717) is 5.75 Å². The smallest absolute Gasteiger partial charge is 0.323 e. The minimum Gasteiger partial charge on any atom is -0.486 e. The van der Waals surface area contributed by atoms with Crippen LogP contribution in [0.3, 0.4) is 0 Å². The molecule has 5 heteroatoms. The van der Waals surface area contributed by atoms with E-state index in [1.807, 2.05) is 12.1 Å². The third-order valence-corrected chi connectivity index (χ3v) is 3.27. The maximum Gasteiger partial charge on any atom is 0.323 e. The van der Waals surface area contributed by atoms with Crippen molar-refractivity contribution in [2.75, 3.05) is 13.7 Å². The van der Waals surface area contributed by atoms with E-state index in [9.17, 15) is 14.4 Å². The van der Waals surface area contributed by atoms with Gasteiger partial charge in [-0.25, -0.2) is 0 Å². The SMILES string of the molecule is COC(=O)C(C(C)=O)C(=O)COc1ccc(C(C)(C)C)cc1. The van der Waals surface area contributed by atoms with Crippen LogP contribution in [0, 0.1) is 5.92 Å². The van der Waals surface area contributed by atoms with E-state index in [-0.39, 0.29) is 12.0 Å². The Balaban J connectivity index is 2.71. The fraction of sp³-hybridized carbons (Fsp3) is 0.471. The van der Waals surface area contributed by atoms with Crippen molar-refractivity contribution < 1.29 is 23.9 Å². The molecule has 22 heavy (non-hydrogen) atoms. The maximum absolute atomic E-state index is 11.9. The topological polar surface area (TPSA) is 69.7 Å². The van der Waals surface area contributed by atoms with E-state index in [2.05, 4.69) is 25.5 Å². The molecule has 5 nitrogen and oxygen atoms in total. The van der Waals surface area contributed by atoms with E-state index in [0.717, 1.165) is 12.7 Å². The number of ketones is 2. The fourth-order valence-electron chi connectivity index (χ4n) is 1.93. The van der Waals surface area contributed by atoms with Crippen LogP contribution in [0.4, 0.5) is 0 Å². The molecule has 0 radical (unpaired) electrons. The number of rotatable bonds is 6. The normalized spacial score (nSPS) is 12.4. The lowest BCUT2D eigenvalue weighted by Gasteiger charge is -2.19. The second-order valence-electron chi connectivity index (χ2n) is 6.10. The number of methoxy groups -OCH3 is 1. The summed E-state index contributed by atoms with van der Waals surface area (Å²) in [5.41, 5.74) is 1.17. The number of benzene rings is 1. The minimum atomic E-state index is -1.42. The van der Waals surface area contributed by atoms with Crippen LogP contribution in [0.15, 0.2) is 24.3 Å². The standard InChI is InChI=1S/C17H22O5/c1-11(18)15(16(20)21-5)14(19)10-22-13-8-6-12(7-9-13)17(2,3)4/h6-9,15H,10H2,1-5H3. The zero-order chi connectivity index (χ0) is 16.9. The molecule has 0 saturated heterocycles. The Hall–Kier alpha value is -2.17. The lowest BCUT2D eigenvalue weighted by atomic mass is 9.87. The van der Waals surface area contributed by atoms with Crippen molar-refractivity contribution in [2.24, 2.45) is 5.92 Å². The summed E-state index contributed by atoms with van der Waals surface area (Å²) in [4.78, 5) is 34.8. The number of esters is 1. The van der Waals surface area contributed by atoms with Gasteiger partial charge in [0.1, 0.15) is 12.4 Å². The van der Waals surface area contributed by atoms with Crippen molar-refractivity contribution in [1.82, 2.24) is 0 Å². The summed E-state index contributed by atoms with van der Waals surface area (Å²) in [7, 11) is 1.14. The zero-order valence-corrected chi connectivity index (χ0v) is 13.6. The first kappa shape index (κ1) is 17.9. The molecule has 0 aliphatic rings. The molecule has 0 aliphatic carbocycles. The van der Waals surface area contributed by atoms with Gasteiger partial charge >= 0.3 is 5.97 Å². The summed E-state index contributed by atoms with van der Waals surface area (Å²) in [6.45, 7) is 7.12. The third kappa shape index (κ3) is 4.69. The zero-order valence-electron chi connectivity index (χ0n) is 13.6. The average Bonchev–Trinajstić information content (AvgIpc) is 2.44. The number of carbonyl (C=O) groups excluding carboxylic acids is 3. The summed E-state index contributed by atoms with van der Waals surface area (Å²) >= 11 is 0. The molecule has 1 aromatic rings. The van der Waals surface area contributed by atoms with E-state index in [1.165, 1.54) is 6.92 Å². The third-order valence-electron chi connectivity index (χ3n) is 3.27. The lowest BCUT2D eigenvalue weighted by molar-refractivity contribution is -0.153. The van der Waals surface area contributed by atoms with Crippen LogP contribution in [-0.2, 0) is 24.5 Å². The molecule has 0 heterocycles. The first-order valence-electron chi connectivity index (χ1n) is 7.01. The van der Waals surface area contributed by atoms with Gasteiger partial charge in [0.05, 0.1) is 7.11 Å². The van der Waals surface area contributed by atoms with Gasteiger partial charge < -0.3 is 9.47 Å². The molecule has 0 spiro atoms. The molecular formula is C17H22O5. The van der Waals surface area contributed by atoms with E-state index in [1.54, 1.807) is 12.1 Å². The van der Waals surface area contributed by atoms with Gasteiger partial charge in [-0.3, -0.25) is 14.4 Å². The molecule has 1 rings (SSSR count). The highest BCUT2D eigenvalue weighted by atomic mass is 16.5. The molecule has 0 fully saturated rings. The number of hydrogen-bond acceptors (Lipinski definition) is 5. The van der Waals surface area contributed by atoms with Crippen LogP contribution < -0.4 is 4.74 Å². The van der Waals surface area contributed by atoms with Gasteiger partial charge in [-0.1, -0.05) is 32.9 Å². The summed E-state index contributed by atoms with van der Waals surface area (Å²) in [5, 5.41) is 0. The monoisotopic (exact) mass is 306 g/mol. The number of carbonyl (C=O) groups is 3. The van der Waals surface area contributed by atoms with Crippen molar-refractivity contribution in [3.05, 3.63) is 29.8 Å². The van der Waals surface area contributed by atoms with E-state index >= 15 is 0 Å². The van der Waals surface area contributed by atoms with Crippen LogP contribution in [0.25, 0.3) is 0 Å². The van der Waals surface area contributed by atoms with Crippen LogP contribution in [0.5, 0.6) is 5.75 Å². The van der Waals surface area contributed by atoms with Gasteiger partial charge in [0.15, 0.2) is 17.5 Å². The number of Topliss-reactive ketones (excluding diaryl/α,β-unsaturated/α-hetero) is 2. The van der Waals surface area contributed by atoms with Gasteiger partial charge in [0.2, 0.25) is 0 Å². The molecule has 0 aliphatic heterocycles. The van der Waals surface area contributed by atoms with Gasteiger partial charge in [-0.15, -0.1) is 0 Å². The molecule has 1 atom stereocenters. The molecule has 0 bridgehead atoms. The van der Waals surface area contributed by atoms with Gasteiger partial charge in [0, 0.05) is 0 Å². The Morgan fingerprint density at radius 3 is 2.05 bits per heavy atom.